The summed E-state index contributed by atoms with van der Waals surface area (Å²) < 4.78 is 4.82. The van der Waals surface area contributed by atoms with E-state index in [0.29, 0.717) is 18.5 Å². The molecule has 1 N–H and O–H groups in total. The number of rotatable bonds is 5. The lowest BCUT2D eigenvalue weighted by Gasteiger charge is -2.30. The highest BCUT2D eigenvalue weighted by Gasteiger charge is 2.39. The molecule has 3 rings (SSSR count). The van der Waals surface area contributed by atoms with Gasteiger partial charge in [0, 0.05) is 29.9 Å². The fraction of sp³-hybridized carbons (Fsp3) is 0.429. The first kappa shape index (κ1) is 19.8. The summed E-state index contributed by atoms with van der Waals surface area (Å²) in [5.74, 6) is -1.12. The molecule has 0 aliphatic carbocycles. The summed E-state index contributed by atoms with van der Waals surface area (Å²) in [6.45, 7) is 4.23. The number of pyridine rings is 1. The van der Waals surface area contributed by atoms with Crippen LogP contribution in [-0.2, 0) is 14.3 Å². The molecule has 0 radical (unpaired) electrons. The van der Waals surface area contributed by atoms with Gasteiger partial charge in [-0.1, -0.05) is 19.9 Å². The van der Waals surface area contributed by atoms with Crippen molar-refractivity contribution in [2.45, 2.75) is 38.8 Å². The van der Waals surface area contributed by atoms with Crippen molar-refractivity contribution >= 4 is 28.6 Å². The van der Waals surface area contributed by atoms with E-state index < -0.39 is 18.1 Å². The number of carbonyl (C=O) groups is 3. The molecule has 0 unspecified atom stereocenters. The third-order valence-electron chi connectivity index (χ3n) is 5.13. The van der Waals surface area contributed by atoms with Gasteiger partial charge in [-0.3, -0.25) is 14.6 Å². The Morgan fingerprint density at radius 1 is 1.21 bits per heavy atom. The largest absolute Gasteiger partial charge is 0.467 e. The van der Waals surface area contributed by atoms with Gasteiger partial charge in [0.2, 0.25) is 5.91 Å². The molecule has 1 fully saturated rings. The lowest BCUT2D eigenvalue weighted by atomic mass is 10.0. The Balaban J connectivity index is 1.79. The lowest BCUT2D eigenvalue weighted by Crippen LogP contribution is -2.53. The van der Waals surface area contributed by atoms with Crippen molar-refractivity contribution in [3.05, 3.63) is 42.2 Å². The average molecular weight is 383 g/mol. The van der Waals surface area contributed by atoms with Gasteiger partial charge < -0.3 is 15.0 Å². The summed E-state index contributed by atoms with van der Waals surface area (Å²) in [4.78, 5) is 43.5. The van der Waals surface area contributed by atoms with Gasteiger partial charge in [-0.25, -0.2) is 4.79 Å². The van der Waals surface area contributed by atoms with Gasteiger partial charge in [0.25, 0.3) is 5.91 Å². The van der Waals surface area contributed by atoms with Crippen molar-refractivity contribution in [1.29, 1.82) is 0 Å². The van der Waals surface area contributed by atoms with Crippen molar-refractivity contribution in [3.63, 3.8) is 0 Å². The number of hydrogen-bond donors (Lipinski definition) is 1. The standard InChI is InChI=1S/C21H25N3O4/c1-13(2)18(20(26)24-10-4-5-17(24)21(27)28-3)23-19(25)15-7-6-14-8-9-22-12-16(14)11-15/h6-9,11-13,17-18H,4-5,10H2,1-3H3,(H,23,25)/t17-,18-/m0/s1. The normalized spacial score (nSPS) is 17.6. The van der Waals surface area contributed by atoms with Crippen molar-refractivity contribution in [1.82, 2.24) is 15.2 Å². The van der Waals surface area contributed by atoms with E-state index in [1.165, 1.54) is 12.0 Å². The summed E-state index contributed by atoms with van der Waals surface area (Å²) in [5, 5.41) is 4.69. The van der Waals surface area contributed by atoms with Crippen LogP contribution in [0.15, 0.2) is 36.7 Å². The second-order valence-corrected chi connectivity index (χ2v) is 7.35. The molecule has 0 bridgehead atoms. The molecule has 1 saturated heterocycles. The molecule has 1 aliphatic heterocycles. The number of aromatic nitrogens is 1. The van der Waals surface area contributed by atoms with Gasteiger partial charge >= 0.3 is 5.97 Å². The van der Waals surface area contributed by atoms with E-state index in [9.17, 15) is 14.4 Å². The average Bonchev–Trinajstić information content (AvgIpc) is 3.20. The molecule has 2 aromatic rings. The molecule has 1 aliphatic rings. The van der Waals surface area contributed by atoms with E-state index >= 15 is 0 Å². The van der Waals surface area contributed by atoms with Crippen LogP contribution in [0.2, 0.25) is 0 Å². The Hall–Kier alpha value is -2.96. The highest BCUT2D eigenvalue weighted by molar-refractivity contribution is 6.01. The summed E-state index contributed by atoms with van der Waals surface area (Å²) in [5.41, 5.74) is 0.463. The Labute approximate surface area is 164 Å². The lowest BCUT2D eigenvalue weighted by molar-refractivity contribution is -0.151. The topological polar surface area (TPSA) is 88.6 Å². The molecule has 7 nitrogen and oxygen atoms in total. The van der Waals surface area contributed by atoms with Gasteiger partial charge in [-0.05, 0) is 42.3 Å². The SMILES string of the molecule is COC(=O)[C@@H]1CCCN1C(=O)[C@@H](NC(=O)c1ccc2ccncc2c1)C(C)C. The minimum atomic E-state index is -0.720. The summed E-state index contributed by atoms with van der Waals surface area (Å²) >= 11 is 0. The van der Waals surface area contributed by atoms with Crippen LogP contribution >= 0.6 is 0 Å². The first-order valence-electron chi connectivity index (χ1n) is 9.45. The van der Waals surface area contributed by atoms with Crippen LogP contribution in [-0.4, -0.2) is 53.4 Å². The first-order valence-corrected chi connectivity index (χ1v) is 9.45. The maximum Gasteiger partial charge on any atom is 0.328 e. The van der Waals surface area contributed by atoms with Crippen LogP contribution in [0.5, 0.6) is 0 Å². The predicted molar refractivity (Wildman–Crippen MR) is 105 cm³/mol. The number of methoxy groups -OCH3 is 1. The fourth-order valence-corrected chi connectivity index (χ4v) is 3.55. The summed E-state index contributed by atoms with van der Waals surface area (Å²) in [6.07, 6.45) is 4.71. The summed E-state index contributed by atoms with van der Waals surface area (Å²) in [6, 6.07) is 5.91. The van der Waals surface area contributed by atoms with E-state index in [4.69, 9.17) is 4.74 Å². The maximum atomic E-state index is 13.1. The number of hydrogen-bond acceptors (Lipinski definition) is 5. The van der Waals surface area contributed by atoms with E-state index in [0.717, 1.165) is 17.2 Å². The zero-order valence-electron chi connectivity index (χ0n) is 16.3. The Kier molecular flexibility index (Phi) is 5.92. The monoisotopic (exact) mass is 383 g/mol. The molecule has 0 saturated carbocycles. The summed E-state index contributed by atoms with van der Waals surface area (Å²) in [7, 11) is 1.32. The van der Waals surface area contributed by atoms with Gasteiger partial charge in [0.1, 0.15) is 12.1 Å². The van der Waals surface area contributed by atoms with Gasteiger partial charge in [0.15, 0.2) is 0 Å². The van der Waals surface area contributed by atoms with Crippen molar-refractivity contribution in [2.75, 3.05) is 13.7 Å². The van der Waals surface area contributed by atoms with Crippen molar-refractivity contribution in [2.24, 2.45) is 5.92 Å². The Morgan fingerprint density at radius 2 is 2.00 bits per heavy atom. The number of nitrogens with one attached hydrogen (secondary N) is 1. The molecule has 2 amide bonds. The number of fused-ring (bicyclic) bond motifs is 1. The molecule has 2 atom stereocenters. The zero-order chi connectivity index (χ0) is 20.3. The minimum Gasteiger partial charge on any atom is -0.467 e. The third-order valence-corrected chi connectivity index (χ3v) is 5.13. The van der Waals surface area contributed by atoms with Crippen molar-refractivity contribution < 1.29 is 19.1 Å². The van der Waals surface area contributed by atoms with Gasteiger partial charge in [-0.15, -0.1) is 0 Å². The van der Waals surface area contributed by atoms with Crippen LogP contribution in [0.3, 0.4) is 0 Å². The number of carbonyl (C=O) groups excluding carboxylic acids is 3. The molecule has 148 valence electrons. The van der Waals surface area contributed by atoms with Crippen LogP contribution in [0.25, 0.3) is 10.8 Å². The minimum absolute atomic E-state index is 0.127. The van der Waals surface area contributed by atoms with Gasteiger partial charge in [0.05, 0.1) is 7.11 Å². The molecule has 28 heavy (non-hydrogen) atoms. The number of nitrogens with zero attached hydrogens (tertiary/aromatic N) is 2. The van der Waals surface area contributed by atoms with E-state index in [-0.39, 0.29) is 17.7 Å². The molecule has 7 heteroatoms. The van der Waals surface area contributed by atoms with Gasteiger partial charge in [-0.2, -0.15) is 0 Å². The molecule has 0 spiro atoms. The second kappa shape index (κ2) is 8.37. The van der Waals surface area contributed by atoms with Crippen LogP contribution in [0, 0.1) is 5.92 Å². The second-order valence-electron chi connectivity index (χ2n) is 7.35. The Morgan fingerprint density at radius 3 is 2.71 bits per heavy atom. The molecule has 1 aromatic carbocycles. The van der Waals surface area contributed by atoms with E-state index in [1.54, 1.807) is 24.5 Å². The molecular formula is C21H25N3O4. The number of amides is 2. The maximum absolute atomic E-state index is 13.1. The Bertz CT molecular complexity index is 896. The third kappa shape index (κ3) is 3.98. The predicted octanol–water partition coefficient (Wildman–Crippen LogP) is 2.15. The first-order chi connectivity index (χ1) is 13.4. The fourth-order valence-electron chi connectivity index (χ4n) is 3.55. The zero-order valence-corrected chi connectivity index (χ0v) is 16.3. The van der Waals surface area contributed by atoms with Crippen LogP contribution in [0.1, 0.15) is 37.0 Å². The van der Waals surface area contributed by atoms with E-state index in [1.807, 2.05) is 26.0 Å². The molecule has 1 aromatic heterocycles. The van der Waals surface area contributed by atoms with Crippen molar-refractivity contribution in [3.8, 4) is 0 Å². The number of esters is 1. The highest BCUT2D eigenvalue weighted by atomic mass is 16.5. The number of ether oxygens (including phenoxy) is 1. The quantitative estimate of drug-likeness (QED) is 0.800. The number of benzene rings is 1. The van der Waals surface area contributed by atoms with E-state index in [2.05, 4.69) is 10.3 Å². The smallest absolute Gasteiger partial charge is 0.328 e. The molecule has 2 heterocycles. The number of likely N-dealkylation sites (tertiary alicyclic amines) is 1. The van der Waals surface area contributed by atoms with Crippen LogP contribution in [0.4, 0.5) is 0 Å². The van der Waals surface area contributed by atoms with Crippen LogP contribution < -0.4 is 5.32 Å². The molecular weight excluding hydrogens is 358 g/mol. The highest BCUT2D eigenvalue weighted by Crippen LogP contribution is 2.21.